The van der Waals surface area contributed by atoms with Crippen LogP contribution in [0.1, 0.15) is 19.8 Å². The molecule has 1 atom stereocenters. The molecule has 0 rings (SSSR count). The fourth-order valence-corrected chi connectivity index (χ4v) is 0.909. The quantitative estimate of drug-likeness (QED) is 0.408. The van der Waals surface area contributed by atoms with Crippen LogP contribution in [0.3, 0.4) is 0 Å². The van der Waals surface area contributed by atoms with Crippen LogP contribution in [0.2, 0.25) is 0 Å². The molecule has 0 saturated carbocycles. The molecule has 0 aromatic heterocycles. The van der Waals surface area contributed by atoms with E-state index in [0.29, 0.717) is 5.92 Å². The van der Waals surface area contributed by atoms with E-state index in [1.807, 2.05) is 6.08 Å². The van der Waals surface area contributed by atoms with Crippen molar-refractivity contribution < 1.29 is 0 Å². The monoisotopic (exact) mass is 132 g/mol. The molecule has 0 heterocycles. The van der Waals surface area contributed by atoms with Crippen LogP contribution in [0.15, 0.2) is 12.7 Å². The molecule has 0 aliphatic carbocycles. The van der Waals surface area contributed by atoms with Crippen molar-refractivity contribution in [1.29, 1.82) is 0 Å². The standard InChI is InChI=1S/C7H13Cl/c1-3-5-7(4-2)6-8/h4,7H,2-3,5-6H2,1H3. The number of alkyl halides is 1. The zero-order valence-corrected chi connectivity index (χ0v) is 6.12. The lowest BCUT2D eigenvalue weighted by Gasteiger charge is -2.03. The van der Waals surface area contributed by atoms with Gasteiger partial charge in [0.25, 0.3) is 0 Å². The van der Waals surface area contributed by atoms with Crippen molar-refractivity contribution in [2.45, 2.75) is 19.8 Å². The predicted octanol–water partition coefficient (Wildman–Crippen LogP) is 2.83. The van der Waals surface area contributed by atoms with E-state index in [2.05, 4.69) is 13.5 Å². The topological polar surface area (TPSA) is 0 Å². The zero-order valence-electron chi connectivity index (χ0n) is 5.36. The number of halogens is 1. The first kappa shape index (κ1) is 8.03. The van der Waals surface area contributed by atoms with Gasteiger partial charge in [0, 0.05) is 5.88 Å². The Morgan fingerprint density at radius 1 is 1.75 bits per heavy atom. The second-order valence-corrected chi connectivity index (χ2v) is 2.25. The first-order chi connectivity index (χ1) is 3.85. The highest BCUT2D eigenvalue weighted by Crippen LogP contribution is 2.07. The van der Waals surface area contributed by atoms with Gasteiger partial charge in [0.15, 0.2) is 0 Å². The van der Waals surface area contributed by atoms with Gasteiger partial charge in [-0.1, -0.05) is 19.4 Å². The largest absolute Gasteiger partial charge is 0.126 e. The highest BCUT2D eigenvalue weighted by Gasteiger charge is 1.97. The van der Waals surface area contributed by atoms with Gasteiger partial charge >= 0.3 is 0 Å². The molecule has 0 radical (unpaired) electrons. The Hall–Kier alpha value is 0.0300. The van der Waals surface area contributed by atoms with Crippen molar-refractivity contribution in [2.24, 2.45) is 5.92 Å². The van der Waals surface area contributed by atoms with E-state index < -0.39 is 0 Å². The highest BCUT2D eigenvalue weighted by atomic mass is 35.5. The van der Waals surface area contributed by atoms with Crippen LogP contribution in [-0.4, -0.2) is 5.88 Å². The number of hydrogen-bond acceptors (Lipinski definition) is 0. The van der Waals surface area contributed by atoms with Gasteiger partial charge in [-0.15, -0.1) is 18.2 Å². The van der Waals surface area contributed by atoms with Crippen molar-refractivity contribution in [2.75, 3.05) is 5.88 Å². The van der Waals surface area contributed by atoms with Crippen LogP contribution in [0, 0.1) is 5.92 Å². The van der Waals surface area contributed by atoms with Crippen molar-refractivity contribution in [1.82, 2.24) is 0 Å². The Morgan fingerprint density at radius 2 is 2.38 bits per heavy atom. The number of allylic oxidation sites excluding steroid dienone is 1. The van der Waals surface area contributed by atoms with Crippen LogP contribution in [0.5, 0.6) is 0 Å². The lowest BCUT2D eigenvalue weighted by molar-refractivity contribution is 0.641. The van der Waals surface area contributed by atoms with Gasteiger partial charge in [0.2, 0.25) is 0 Å². The minimum atomic E-state index is 0.529. The average molecular weight is 133 g/mol. The molecule has 0 aliphatic heterocycles. The average Bonchev–Trinajstić information content (AvgIpc) is 1.83. The first-order valence-electron chi connectivity index (χ1n) is 3.03. The van der Waals surface area contributed by atoms with Crippen molar-refractivity contribution in [3.05, 3.63) is 12.7 Å². The second kappa shape index (κ2) is 5.17. The molecule has 0 aromatic rings. The van der Waals surface area contributed by atoms with Gasteiger partial charge in [-0.05, 0) is 12.3 Å². The zero-order chi connectivity index (χ0) is 6.41. The SMILES string of the molecule is C=CC(CCl)CCC. The van der Waals surface area contributed by atoms with E-state index in [4.69, 9.17) is 11.6 Å². The molecule has 8 heavy (non-hydrogen) atoms. The predicted molar refractivity (Wildman–Crippen MR) is 39.3 cm³/mol. The van der Waals surface area contributed by atoms with Crippen molar-refractivity contribution in [3.63, 3.8) is 0 Å². The summed E-state index contributed by atoms with van der Waals surface area (Å²) in [6.07, 6.45) is 4.30. The maximum atomic E-state index is 5.58. The van der Waals surface area contributed by atoms with Gasteiger partial charge in [-0.3, -0.25) is 0 Å². The van der Waals surface area contributed by atoms with E-state index >= 15 is 0 Å². The maximum Gasteiger partial charge on any atom is 0.0286 e. The fourth-order valence-electron chi connectivity index (χ4n) is 0.629. The summed E-state index contributed by atoms with van der Waals surface area (Å²) in [6.45, 7) is 5.82. The Morgan fingerprint density at radius 3 is 2.50 bits per heavy atom. The lowest BCUT2D eigenvalue weighted by Crippen LogP contribution is -1.95. The third kappa shape index (κ3) is 3.09. The Labute approximate surface area is 56.5 Å². The van der Waals surface area contributed by atoms with Crippen molar-refractivity contribution in [3.8, 4) is 0 Å². The molecule has 0 N–H and O–H groups in total. The molecule has 0 fully saturated rings. The third-order valence-electron chi connectivity index (χ3n) is 1.19. The summed E-state index contributed by atoms with van der Waals surface area (Å²) in [5.74, 6) is 1.25. The summed E-state index contributed by atoms with van der Waals surface area (Å²) in [5.41, 5.74) is 0. The summed E-state index contributed by atoms with van der Waals surface area (Å²) < 4.78 is 0. The van der Waals surface area contributed by atoms with Crippen LogP contribution >= 0.6 is 11.6 Å². The smallest absolute Gasteiger partial charge is 0.0286 e. The molecule has 1 unspecified atom stereocenters. The minimum Gasteiger partial charge on any atom is -0.126 e. The molecule has 0 aliphatic rings. The van der Waals surface area contributed by atoms with E-state index in [1.165, 1.54) is 12.8 Å². The Kier molecular flexibility index (Phi) is 5.19. The minimum absolute atomic E-state index is 0.529. The van der Waals surface area contributed by atoms with Gasteiger partial charge in [-0.25, -0.2) is 0 Å². The molecule has 1 heteroatoms. The Bertz CT molecular complexity index is 59.4. The summed E-state index contributed by atoms with van der Waals surface area (Å²) in [7, 11) is 0. The number of hydrogen-bond donors (Lipinski definition) is 0. The second-order valence-electron chi connectivity index (χ2n) is 1.94. The van der Waals surface area contributed by atoms with E-state index in [-0.39, 0.29) is 0 Å². The molecule has 0 spiro atoms. The molecule has 0 saturated heterocycles. The van der Waals surface area contributed by atoms with E-state index in [0.717, 1.165) is 5.88 Å². The summed E-state index contributed by atoms with van der Waals surface area (Å²) in [4.78, 5) is 0. The molecule has 0 nitrogen and oxygen atoms in total. The molecular formula is C7H13Cl. The lowest BCUT2D eigenvalue weighted by atomic mass is 10.1. The summed E-state index contributed by atoms with van der Waals surface area (Å²) >= 11 is 5.58. The van der Waals surface area contributed by atoms with Gasteiger partial charge in [0.1, 0.15) is 0 Å². The highest BCUT2D eigenvalue weighted by molar-refractivity contribution is 6.18. The van der Waals surface area contributed by atoms with Gasteiger partial charge < -0.3 is 0 Å². The fraction of sp³-hybridized carbons (Fsp3) is 0.714. The molecular weight excluding hydrogens is 120 g/mol. The van der Waals surface area contributed by atoms with Crippen LogP contribution in [0.4, 0.5) is 0 Å². The molecule has 48 valence electrons. The van der Waals surface area contributed by atoms with Gasteiger partial charge in [0.05, 0.1) is 0 Å². The maximum absolute atomic E-state index is 5.58. The molecule has 0 amide bonds. The van der Waals surface area contributed by atoms with E-state index in [9.17, 15) is 0 Å². The van der Waals surface area contributed by atoms with Crippen LogP contribution < -0.4 is 0 Å². The normalized spacial score (nSPS) is 13.2. The van der Waals surface area contributed by atoms with Gasteiger partial charge in [-0.2, -0.15) is 0 Å². The summed E-state index contributed by atoms with van der Waals surface area (Å²) in [5, 5.41) is 0. The number of rotatable bonds is 4. The first-order valence-corrected chi connectivity index (χ1v) is 3.57. The van der Waals surface area contributed by atoms with Crippen molar-refractivity contribution >= 4 is 11.6 Å². The molecule has 0 bridgehead atoms. The van der Waals surface area contributed by atoms with Crippen LogP contribution in [0.25, 0.3) is 0 Å². The van der Waals surface area contributed by atoms with Crippen LogP contribution in [-0.2, 0) is 0 Å². The Balaban J connectivity index is 3.21. The third-order valence-corrected chi connectivity index (χ3v) is 1.59. The van der Waals surface area contributed by atoms with E-state index in [1.54, 1.807) is 0 Å². The summed E-state index contributed by atoms with van der Waals surface area (Å²) in [6, 6.07) is 0. The molecule has 0 aromatic carbocycles.